The highest BCUT2D eigenvalue weighted by Gasteiger charge is 2.26. The van der Waals surface area contributed by atoms with Crippen molar-refractivity contribution in [1.29, 1.82) is 0 Å². The van der Waals surface area contributed by atoms with E-state index in [1.807, 2.05) is 49.5 Å². The molecule has 1 aliphatic rings. The van der Waals surface area contributed by atoms with Crippen LogP contribution in [-0.2, 0) is 13.2 Å². The van der Waals surface area contributed by atoms with E-state index in [1.54, 1.807) is 6.20 Å². The second-order valence-electron chi connectivity index (χ2n) is 6.99. The first-order valence-corrected chi connectivity index (χ1v) is 9.40. The molecule has 2 aromatic heterocycles. The largest absolute Gasteiger partial charge is 0.487 e. The van der Waals surface area contributed by atoms with Crippen molar-refractivity contribution in [2.75, 3.05) is 13.1 Å². The van der Waals surface area contributed by atoms with Crippen molar-refractivity contribution in [3.8, 4) is 5.75 Å². The summed E-state index contributed by atoms with van der Waals surface area (Å²) in [6.07, 6.45) is 4.75. The van der Waals surface area contributed by atoms with Crippen LogP contribution in [0.25, 0.3) is 0 Å². The summed E-state index contributed by atoms with van der Waals surface area (Å²) in [5.41, 5.74) is 3.18. The van der Waals surface area contributed by atoms with Gasteiger partial charge in [-0.3, -0.25) is 9.88 Å². The molecule has 27 heavy (non-hydrogen) atoms. The molecule has 3 heterocycles. The van der Waals surface area contributed by atoms with Crippen LogP contribution in [0.5, 0.6) is 5.75 Å². The molecule has 1 atom stereocenters. The fourth-order valence-corrected chi connectivity index (χ4v) is 3.50. The second kappa shape index (κ2) is 8.27. The number of benzene rings is 1. The molecule has 1 aliphatic heterocycles. The number of ether oxygens (including phenoxy) is 1. The van der Waals surface area contributed by atoms with Crippen LogP contribution in [0.2, 0.25) is 0 Å². The van der Waals surface area contributed by atoms with Gasteiger partial charge in [-0.15, -0.1) is 0 Å². The summed E-state index contributed by atoms with van der Waals surface area (Å²) < 4.78 is 6.05. The van der Waals surface area contributed by atoms with Gasteiger partial charge in [0.05, 0.1) is 5.69 Å². The molecule has 0 saturated carbocycles. The average molecular weight is 360 g/mol. The smallest absolute Gasteiger partial charge is 0.132 e. The molecular weight excluding hydrogens is 336 g/mol. The standard InChI is InChI=1S/C22H24N4O/c1-17-9-12-24-22(25-17)19-10-13-26(15-19)14-18-6-2-3-8-21(18)27-16-20-7-4-5-11-23-20/h2-9,11-12,19H,10,13-16H2,1H3. The Hall–Kier alpha value is -2.79. The summed E-state index contributed by atoms with van der Waals surface area (Å²) in [4.78, 5) is 15.9. The van der Waals surface area contributed by atoms with Gasteiger partial charge in [-0.2, -0.15) is 0 Å². The van der Waals surface area contributed by atoms with E-state index in [-0.39, 0.29) is 0 Å². The predicted molar refractivity (Wildman–Crippen MR) is 104 cm³/mol. The van der Waals surface area contributed by atoms with Crippen LogP contribution < -0.4 is 4.74 Å². The first-order valence-electron chi connectivity index (χ1n) is 9.40. The van der Waals surface area contributed by atoms with Gasteiger partial charge < -0.3 is 4.74 Å². The summed E-state index contributed by atoms with van der Waals surface area (Å²) in [6.45, 7) is 5.42. The average Bonchev–Trinajstić information content (AvgIpc) is 3.17. The monoisotopic (exact) mass is 360 g/mol. The molecule has 138 valence electrons. The molecule has 5 nitrogen and oxygen atoms in total. The Kier molecular flexibility index (Phi) is 5.39. The highest BCUT2D eigenvalue weighted by atomic mass is 16.5. The van der Waals surface area contributed by atoms with Crippen LogP contribution in [0.15, 0.2) is 60.9 Å². The first-order chi connectivity index (χ1) is 13.3. The number of aryl methyl sites for hydroxylation is 1. The number of nitrogens with zero attached hydrogens (tertiary/aromatic N) is 4. The number of rotatable bonds is 6. The molecule has 1 saturated heterocycles. The Balaban J connectivity index is 1.40. The minimum absolute atomic E-state index is 0.409. The predicted octanol–water partition coefficient (Wildman–Crippen LogP) is 3.75. The normalized spacial score (nSPS) is 17.1. The number of hydrogen-bond donors (Lipinski definition) is 0. The van der Waals surface area contributed by atoms with E-state index < -0.39 is 0 Å². The van der Waals surface area contributed by atoms with Crippen molar-refractivity contribution >= 4 is 0 Å². The number of para-hydroxylation sites is 1. The van der Waals surface area contributed by atoms with E-state index >= 15 is 0 Å². The lowest BCUT2D eigenvalue weighted by atomic mass is 10.1. The molecule has 0 aliphatic carbocycles. The molecule has 3 aromatic rings. The van der Waals surface area contributed by atoms with Gasteiger partial charge in [0.2, 0.25) is 0 Å². The molecule has 5 heteroatoms. The molecule has 1 aromatic carbocycles. The maximum Gasteiger partial charge on any atom is 0.132 e. The lowest BCUT2D eigenvalue weighted by Crippen LogP contribution is -2.20. The molecule has 0 bridgehead atoms. The number of likely N-dealkylation sites (tertiary alicyclic amines) is 1. The molecular formula is C22H24N4O. The number of hydrogen-bond acceptors (Lipinski definition) is 5. The number of pyridine rings is 1. The van der Waals surface area contributed by atoms with Crippen LogP contribution in [0.3, 0.4) is 0 Å². The topological polar surface area (TPSA) is 51.1 Å². The maximum absolute atomic E-state index is 6.05. The SMILES string of the molecule is Cc1ccnc(C2CCN(Cc3ccccc3OCc3ccccn3)C2)n1. The second-order valence-corrected chi connectivity index (χ2v) is 6.99. The Labute approximate surface area is 160 Å². The zero-order chi connectivity index (χ0) is 18.5. The summed E-state index contributed by atoms with van der Waals surface area (Å²) in [6, 6.07) is 16.1. The minimum atomic E-state index is 0.409. The van der Waals surface area contributed by atoms with Gasteiger partial charge in [0.25, 0.3) is 0 Å². The third-order valence-electron chi connectivity index (χ3n) is 4.92. The zero-order valence-corrected chi connectivity index (χ0v) is 15.6. The third kappa shape index (κ3) is 4.49. The molecule has 1 fully saturated rings. The van der Waals surface area contributed by atoms with Crippen LogP contribution in [0.1, 0.15) is 35.1 Å². The van der Waals surface area contributed by atoms with Crippen molar-refractivity contribution in [3.05, 3.63) is 83.7 Å². The van der Waals surface area contributed by atoms with E-state index in [2.05, 4.69) is 32.0 Å². The van der Waals surface area contributed by atoms with Gasteiger partial charge in [0.1, 0.15) is 18.2 Å². The lowest BCUT2D eigenvalue weighted by Gasteiger charge is -2.18. The van der Waals surface area contributed by atoms with E-state index in [0.717, 1.165) is 49.0 Å². The van der Waals surface area contributed by atoms with Crippen LogP contribution in [0, 0.1) is 6.92 Å². The highest BCUT2D eigenvalue weighted by molar-refractivity contribution is 5.33. The van der Waals surface area contributed by atoms with Crippen LogP contribution in [0.4, 0.5) is 0 Å². The Morgan fingerprint density at radius 1 is 1.04 bits per heavy atom. The summed E-state index contributed by atoms with van der Waals surface area (Å²) >= 11 is 0. The van der Waals surface area contributed by atoms with E-state index in [9.17, 15) is 0 Å². The van der Waals surface area contributed by atoms with Gasteiger partial charge in [-0.25, -0.2) is 9.97 Å². The molecule has 0 amide bonds. The van der Waals surface area contributed by atoms with E-state index in [1.165, 1.54) is 5.56 Å². The minimum Gasteiger partial charge on any atom is -0.487 e. The molecule has 0 radical (unpaired) electrons. The van der Waals surface area contributed by atoms with Gasteiger partial charge in [-0.1, -0.05) is 24.3 Å². The van der Waals surface area contributed by atoms with Crippen LogP contribution in [-0.4, -0.2) is 32.9 Å². The van der Waals surface area contributed by atoms with Gasteiger partial charge >= 0.3 is 0 Å². The summed E-state index contributed by atoms with van der Waals surface area (Å²) in [7, 11) is 0. The van der Waals surface area contributed by atoms with Crippen molar-refractivity contribution in [3.63, 3.8) is 0 Å². The third-order valence-corrected chi connectivity index (χ3v) is 4.92. The summed E-state index contributed by atoms with van der Waals surface area (Å²) in [5.74, 6) is 2.31. The van der Waals surface area contributed by atoms with Crippen LogP contribution >= 0.6 is 0 Å². The van der Waals surface area contributed by atoms with Crippen molar-refractivity contribution < 1.29 is 4.74 Å². The molecule has 0 spiro atoms. The van der Waals surface area contributed by atoms with Gasteiger partial charge in [-0.05, 0) is 44.2 Å². The van der Waals surface area contributed by atoms with Gasteiger partial charge in [0, 0.05) is 42.7 Å². The summed E-state index contributed by atoms with van der Waals surface area (Å²) in [5, 5.41) is 0. The van der Waals surface area contributed by atoms with Crippen molar-refractivity contribution in [2.45, 2.75) is 32.4 Å². The fraction of sp³-hybridized carbons (Fsp3) is 0.318. The molecule has 0 N–H and O–H groups in total. The Morgan fingerprint density at radius 3 is 2.78 bits per heavy atom. The van der Waals surface area contributed by atoms with Crippen molar-refractivity contribution in [1.82, 2.24) is 19.9 Å². The number of aromatic nitrogens is 3. The highest BCUT2D eigenvalue weighted by Crippen LogP contribution is 2.28. The molecule has 1 unspecified atom stereocenters. The van der Waals surface area contributed by atoms with E-state index in [0.29, 0.717) is 12.5 Å². The molecule has 4 rings (SSSR count). The van der Waals surface area contributed by atoms with Crippen molar-refractivity contribution in [2.24, 2.45) is 0 Å². The van der Waals surface area contributed by atoms with E-state index in [4.69, 9.17) is 4.74 Å². The Bertz CT molecular complexity index is 884. The first kappa shape index (κ1) is 17.6. The zero-order valence-electron chi connectivity index (χ0n) is 15.6. The lowest BCUT2D eigenvalue weighted by molar-refractivity contribution is 0.281. The fourth-order valence-electron chi connectivity index (χ4n) is 3.50. The maximum atomic E-state index is 6.05. The Morgan fingerprint density at radius 2 is 1.93 bits per heavy atom. The quantitative estimate of drug-likeness (QED) is 0.670. The van der Waals surface area contributed by atoms with Gasteiger partial charge in [0.15, 0.2) is 0 Å².